The van der Waals surface area contributed by atoms with Crippen LogP contribution in [0.15, 0.2) is 30.3 Å². The van der Waals surface area contributed by atoms with E-state index in [0.717, 1.165) is 10.6 Å². The van der Waals surface area contributed by atoms with Crippen molar-refractivity contribution in [1.82, 2.24) is 15.4 Å². The predicted molar refractivity (Wildman–Crippen MR) is 94.3 cm³/mol. The number of hydrogen-bond acceptors (Lipinski definition) is 5. The number of aromatic nitrogens is 2. The van der Waals surface area contributed by atoms with Gasteiger partial charge in [-0.2, -0.15) is 5.01 Å². The van der Waals surface area contributed by atoms with Crippen molar-refractivity contribution < 1.29 is 14.3 Å². The van der Waals surface area contributed by atoms with E-state index < -0.39 is 12.1 Å². The fourth-order valence-electron chi connectivity index (χ4n) is 2.16. The first-order valence-electron chi connectivity index (χ1n) is 7.82. The summed E-state index contributed by atoms with van der Waals surface area (Å²) in [5.41, 5.74) is 5.27. The third-order valence-electron chi connectivity index (χ3n) is 3.12. The van der Waals surface area contributed by atoms with Crippen molar-refractivity contribution in [2.24, 2.45) is 0 Å². The van der Waals surface area contributed by atoms with Crippen molar-refractivity contribution in [3.05, 3.63) is 47.3 Å². The van der Waals surface area contributed by atoms with Gasteiger partial charge in [0.1, 0.15) is 0 Å². The Morgan fingerprint density at radius 1 is 1.12 bits per heavy atom. The number of aryl methyl sites for hydroxylation is 3. The summed E-state index contributed by atoms with van der Waals surface area (Å²) in [6, 6.07) is 8.45. The van der Waals surface area contributed by atoms with Crippen LogP contribution in [-0.4, -0.2) is 28.7 Å². The van der Waals surface area contributed by atoms with Gasteiger partial charge >= 0.3 is 12.1 Å². The fraction of sp³-hybridized carbons (Fsp3) is 0.294. The molecule has 0 saturated carbocycles. The number of rotatable bonds is 3. The maximum Gasteiger partial charge on any atom is 0.426 e. The van der Waals surface area contributed by atoms with Gasteiger partial charge < -0.3 is 10.1 Å². The predicted octanol–water partition coefficient (Wildman–Crippen LogP) is 3.10. The first kappa shape index (κ1) is 18.2. The number of nitrogens with one attached hydrogen (secondary N) is 2. The second kappa shape index (κ2) is 8.09. The van der Waals surface area contributed by atoms with Crippen molar-refractivity contribution in [2.75, 3.05) is 16.9 Å². The standard InChI is InChI=1S/C17H21N5O3/c1-5-25-17(24)21-22(15-18-12(3)10-13(4)19-15)16(23)20-14-8-6-7-11(2)9-14/h6-10H,5H2,1-4H3,(H,20,23)(H,21,24). The summed E-state index contributed by atoms with van der Waals surface area (Å²) in [4.78, 5) is 32.9. The normalized spacial score (nSPS) is 10.1. The number of hydrazine groups is 1. The van der Waals surface area contributed by atoms with Gasteiger partial charge in [0.25, 0.3) is 5.95 Å². The number of nitrogens with zero attached hydrogens (tertiary/aromatic N) is 3. The zero-order valence-corrected chi connectivity index (χ0v) is 14.7. The molecule has 2 rings (SSSR count). The van der Waals surface area contributed by atoms with E-state index in [2.05, 4.69) is 20.7 Å². The first-order valence-corrected chi connectivity index (χ1v) is 7.82. The molecule has 0 atom stereocenters. The lowest BCUT2D eigenvalue weighted by molar-refractivity contribution is 0.151. The lowest BCUT2D eigenvalue weighted by Gasteiger charge is -2.21. The molecule has 1 heterocycles. The molecule has 0 unspecified atom stereocenters. The largest absolute Gasteiger partial charge is 0.449 e. The molecule has 0 spiro atoms. The highest BCUT2D eigenvalue weighted by atomic mass is 16.6. The number of carbonyl (C=O) groups excluding carboxylic acids is 2. The molecule has 0 bridgehead atoms. The van der Waals surface area contributed by atoms with Crippen LogP contribution in [-0.2, 0) is 4.74 Å². The van der Waals surface area contributed by atoms with Crippen LogP contribution in [0.2, 0.25) is 0 Å². The molecule has 2 aromatic rings. The van der Waals surface area contributed by atoms with E-state index in [4.69, 9.17) is 4.74 Å². The highest BCUT2D eigenvalue weighted by Crippen LogP contribution is 2.13. The number of hydrogen-bond donors (Lipinski definition) is 2. The van der Waals surface area contributed by atoms with E-state index in [1.54, 1.807) is 32.9 Å². The van der Waals surface area contributed by atoms with Crippen LogP contribution in [0.5, 0.6) is 0 Å². The lowest BCUT2D eigenvalue weighted by Crippen LogP contribution is -2.49. The molecule has 0 aliphatic carbocycles. The van der Waals surface area contributed by atoms with Gasteiger partial charge in [-0.3, -0.25) is 0 Å². The van der Waals surface area contributed by atoms with Crippen molar-refractivity contribution >= 4 is 23.8 Å². The molecule has 3 amide bonds. The Kier molecular flexibility index (Phi) is 5.89. The van der Waals surface area contributed by atoms with Gasteiger partial charge in [0, 0.05) is 17.1 Å². The van der Waals surface area contributed by atoms with Crippen molar-refractivity contribution in [3.63, 3.8) is 0 Å². The monoisotopic (exact) mass is 343 g/mol. The quantitative estimate of drug-likeness (QED) is 0.835. The average molecular weight is 343 g/mol. The Bertz CT molecular complexity index is 758. The summed E-state index contributed by atoms with van der Waals surface area (Å²) < 4.78 is 4.85. The minimum Gasteiger partial charge on any atom is -0.449 e. The Morgan fingerprint density at radius 3 is 2.40 bits per heavy atom. The minimum atomic E-state index is -0.773. The molecule has 1 aromatic carbocycles. The van der Waals surface area contributed by atoms with Crippen LogP contribution in [0.4, 0.5) is 21.2 Å². The summed E-state index contributed by atoms with van der Waals surface area (Å²) in [7, 11) is 0. The average Bonchev–Trinajstić information content (AvgIpc) is 2.51. The van der Waals surface area contributed by atoms with E-state index in [0.29, 0.717) is 17.1 Å². The van der Waals surface area contributed by atoms with Crippen molar-refractivity contribution in [2.45, 2.75) is 27.7 Å². The molecule has 2 N–H and O–H groups in total. The third kappa shape index (κ3) is 5.17. The van der Waals surface area contributed by atoms with Gasteiger partial charge in [0.05, 0.1) is 6.61 Å². The fourth-order valence-corrected chi connectivity index (χ4v) is 2.16. The summed E-state index contributed by atoms with van der Waals surface area (Å²) >= 11 is 0. The van der Waals surface area contributed by atoms with Crippen LogP contribution in [0.25, 0.3) is 0 Å². The van der Waals surface area contributed by atoms with E-state index in [1.165, 1.54) is 0 Å². The smallest absolute Gasteiger partial charge is 0.426 e. The van der Waals surface area contributed by atoms with E-state index in [-0.39, 0.29) is 12.6 Å². The minimum absolute atomic E-state index is 0.0516. The molecule has 0 radical (unpaired) electrons. The van der Waals surface area contributed by atoms with Gasteiger partial charge in [-0.1, -0.05) is 12.1 Å². The van der Waals surface area contributed by atoms with Crippen LogP contribution < -0.4 is 15.8 Å². The SMILES string of the molecule is CCOC(=O)NN(C(=O)Nc1cccc(C)c1)c1nc(C)cc(C)n1. The molecular formula is C17H21N5O3. The molecular weight excluding hydrogens is 322 g/mol. The van der Waals surface area contributed by atoms with Crippen molar-refractivity contribution in [1.29, 1.82) is 0 Å². The molecule has 0 saturated heterocycles. The Labute approximate surface area is 146 Å². The molecule has 8 nitrogen and oxygen atoms in total. The molecule has 0 aliphatic rings. The van der Waals surface area contributed by atoms with Crippen LogP contribution >= 0.6 is 0 Å². The van der Waals surface area contributed by atoms with Gasteiger partial charge in [0.2, 0.25) is 0 Å². The number of anilines is 2. The van der Waals surface area contributed by atoms with Crippen LogP contribution in [0, 0.1) is 20.8 Å². The van der Waals surface area contributed by atoms with E-state index in [1.807, 2.05) is 25.1 Å². The zero-order chi connectivity index (χ0) is 18.4. The van der Waals surface area contributed by atoms with Gasteiger partial charge in [0.15, 0.2) is 0 Å². The highest BCUT2D eigenvalue weighted by Gasteiger charge is 2.22. The topological polar surface area (TPSA) is 96.5 Å². The maximum atomic E-state index is 12.7. The Morgan fingerprint density at radius 2 is 1.80 bits per heavy atom. The van der Waals surface area contributed by atoms with Crippen LogP contribution in [0.1, 0.15) is 23.9 Å². The zero-order valence-electron chi connectivity index (χ0n) is 14.7. The number of amides is 3. The van der Waals surface area contributed by atoms with Gasteiger partial charge in [-0.25, -0.2) is 25.0 Å². The second-order valence-electron chi connectivity index (χ2n) is 5.42. The van der Waals surface area contributed by atoms with Gasteiger partial charge in [-0.05, 0) is 51.5 Å². The third-order valence-corrected chi connectivity index (χ3v) is 3.12. The first-order chi connectivity index (χ1) is 11.9. The molecule has 132 valence electrons. The highest BCUT2D eigenvalue weighted by molar-refractivity contribution is 6.01. The number of ether oxygens (including phenoxy) is 1. The summed E-state index contributed by atoms with van der Waals surface area (Å²) in [6.45, 7) is 7.31. The maximum absolute atomic E-state index is 12.7. The van der Waals surface area contributed by atoms with E-state index in [9.17, 15) is 9.59 Å². The molecule has 0 aliphatic heterocycles. The Balaban J connectivity index is 2.29. The molecule has 0 fully saturated rings. The number of benzene rings is 1. The van der Waals surface area contributed by atoms with Gasteiger partial charge in [-0.15, -0.1) is 0 Å². The van der Waals surface area contributed by atoms with Crippen LogP contribution in [0.3, 0.4) is 0 Å². The number of urea groups is 1. The Hall–Kier alpha value is -3.16. The summed E-state index contributed by atoms with van der Waals surface area (Å²) in [5, 5.41) is 3.64. The summed E-state index contributed by atoms with van der Waals surface area (Å²) in [6.07, 6.45) is -0.773. The molecule has 1 aromatic heterocycles. The lowest BCUT2D eigenvalue weighted by atomic mass is 10.2. The molecule has 8 heteroatoms. The summed E-state index contributed by atoms with van der Waals surface area (Å²) in [5.74, 6) is 0.0516. The van der Waals surface area contributed by atoms with Crippen molar-refractivity contribution in [3.8, 4) is 0 Å². The molecule has 25 heavy (non-hydrogen) atoms. The number of carbonyl (C=O) groups is 2. The van der Waals surface area contributed by atoms with E-state index >= 15 is 0 Å². The second-order valence-corrected chi connectivity index (χ2v) is 5.42.